The fourth-order valence-electron chi connectivity index (χ4n) is 2.74. The molecule has 0 atom stereocenters. The molecule has 0 amide bonds. The van der Waals surface area contributed by atoms with Crippen LogP contribution in [-0.4, -0.2) is 45.0 Å². The lowest BCUT2D eigenvalue weighted by atomic mass is 10.3. The topological polar surface area (TPSA) is 109 Å². The Bertz CT molecular complexity index is 1140. The summed E-state index contributed by atoms with van der Waals surface area (Å²) in [6, 6.07) is 13.0. The number of esters is 1. The molecule has 0 aliphatic rings. The second-order valence-corrected chi connectivity index (χ2v) is 7.68. The number of nitrogens with one attached hydrogen (secondary N) is 1. The van der Waals surface area contributed by atoms with E-state index in [0.717, 1.165) is 0 Å². The fraction of sp³-hybridized carbons (Fsp3) is 0.200. The quantitative estimate of drug-likeness (QED) is 0.546. The molecular formula is C20H21N3O6S. The van der Waals surface area contributed by atoms with Crippen molar-refractivity contribution in [2.45, 2.75) is 11.8 Å². The van der Waals surface area contributed by atoms with E-state index in [9.17, 15) is 13.2 Å². The fourth-order valence-corrected chi connectivity index (χ4v) is 3.82. The van der Waals surface area contributed by atoms with E-state index in [2.05, 4.69) is 9.82 Å². The number of carbonyl (C=O) groups excluding carboxylic acids is 1. The van der Waals surface area contributed by atoms with Gasteiger partial charge in [0, 0.05) is 6.07 Å². The second-order valence-electron chi connectivity index (χ2n) is 6.00. The summed E-state index contributed by atoms with van der Waals surface area (Å²) < 4.78 is 45.3. The maximum absolute atomic E-state index is 13.1. The Kier molecular flexibility index (Phi) is 6.26. The predicted molar refractivity (Wildman–Crippen MR) is 110 cm³/mol. The molecule has 30 heavy (non-hydrogen) atoms. The number of aromatic nitrogens is 2. The Hall–Kier alpha value is -3.53. The molecule has 0 aliphatic heterocycles. The zero-order valence-corrected chi connectivity index (χ0v) is 17.5. The van der Waals surface area contributed by atoms with Crippen molar-refractivity contribution in [2.75, 3.05) is 25.5 Å². The van der Waals surface area contributed by atoms with Crippen LogP contribution in [0.1, 0.15) is 17.3 Å². The summed E-state index contributed by atoms with van der Waals surface area (Å²) in [7, 11) is -1.24. The molecule has 1 N–H and O–H groups in total. The molecule has 0 saturated heterocycles. The van der Waals surface area contributed by atoms with E-state index < -0.39 is 16.0 Å². The van der Waals surface area contributed by atoms with Crippen LogP contribution in [0.3, 0.4) is 0 Å². The Morgan fingerprint density at radius 1 is 1.07 bits per heavy atom. The van der Waals surface area contributed by atoms with Gasteiger partial charge in [-0.05, 0) is 31.2 Å². The Balaban J connectivity index is 2.08. The molecule has 0 saturated carbocycles. The molecule has 0 aliphatic carbocycles. The summed E-state index contributed by atoms with van der Waals surface area (Å²) in [4.78, 5) is 12.3. The number of benzene rings is 2. The lowest BCUT2D eigenvalue weighted by molar-refractivity contribution is 0.0527. The average molecular weight is 431 g/mol. The zero-order valence-electron chi connectivity index (χ0n) is 16.7. The maximum Gasteiger partial charge on any atom is 0.343 e. The van der Waals surface area contributed by atoms with Gasteiger partial charge in [-0.3, -0.25) is 4.72 Å². The van der Waals surface area contributed by atoms with E-state index in [-0.39, 0.29) is 28.6 Å². The zero-order chi connectivity index (χ0) is 21.7. The van der Waals surface area contributed by atoms with Crippen LogP contribution in [0, 0.1) is 0 Å². The number of hydrogen-bond acceptors (Lipinski definition) is 7. The third-order valence-electron chi connectivity index (χ3n) is 4.16. The van der Waals surface area contributed by atoms with Crippen LogP contribution in [0.4, 0.5) is 5.82 Å². The molecule has 0 fully saturated rings. The van der Waals surface area contributed by atoms with Gasteiger partial charge < -0.3 is 14.2 Å². The van der Waals surface area contributed by atoms with Gasteiger partial charge in [-0.15, -0.1) is 0 Å². The summed E-state index contributed by atoms with van der Waals surface area (Å²) in [6.07, 6.45) is 1.26. The average Bonchev–Trinajstić information content (AvgIpc) is 3.16. The van der Waals surface area contributed by atoms with Crippen LogP contribution < -0.4 is 14.2 Å². The Labute approximate surface area is 174 Å². The number of ether oxygens (including phenoxy) is 3. The van der Waals surface area contributed by atoms with Gasteiger partial charge in [-0.25, -0.2) is 17.9 Å². The monoisotopic (exact) mass is 431 g/mol. The van der Waals surface area contributed by atoms with E-state index in [1.165, 1.54) is 43.3 Å². The molecule has 1 aromatic heterocycles. The number of anilines is 1. The second kappa shape index (κ2) is 8.87. The first-order chi connectivity index (χ1) is 14.4. The number of methoxy groups -OCH3 is 2. The van der Waals surface area contributed by atoms with Gasteiger partial charge in [0.2, 0.25) is 0 Å². The molecule has 3 rings (SSSR count). The molecule has 1 heterocycles. The number of carbonyl (C=O) groups is 1. The normalized spacial score (nSPS) is 11.0. The number of sulfonamides is 1. The number of nitrogens with zero attached hydrogens (tertiary/aromatic N) is 2. The first-order valence-corrected chi connectivity index (χ1v) is 10.4. The summed E-state index contributed by atoms with van der Waals surface area (Å²) >= 11 is 0. The highest BCUT2D eigenvalue weighted by molar-refractivity contribution is 7.92. The Morgan fingerprint density at radius 3 is 2.40 bits per heavy atom. The smallest absolute Gasteiger partial charge is 0.343 e. The number of hydrogen-bond donors (Lipinski definition) is 1. The highest BCUT2D eigenvalue weighted by atomic mass is 32.2. The van der Waals surface area contributed by atoms with Crippen molar-refractivity contribution in [3.8, 4) is 17.2 Å². The van der Waals surface area contributed by atoms with E-state index in [1.54, 1.807) is 31.2 Å². The van der Waals surface area contributed by atoms with Gasteiger partial charge in [-0.2, -0.15) is 5.10 Å². The SMILES string of the molecule is CCOC(=O)c1cnn(-c2ccccc2)c1NS(=O)(=O)c1ccc(OC)c(OC)c1. The summed E-state index contributed by atoms with van der Waals surface area (Å²) in [5.74, 6) is -0.0836. The van der Waals surface area contributed by atoms with Gasteiger partial charge >= 0.3 is 5.97 Å². The van der Waals surface area contributed by atoms with Crippen LogP contribution in [0.25, 0.3) is 5.69 Å². The largest absolute Gasteiger partial charge is 0.493 e. The highest BCUT2D eigenvalue weighted by Gasteiger charge is 2.25. The van der Waals surface area contributed by atoms with Crippen molar-refractivity contribution in [1.82, 2.24) is 9.78 Å². The molecule has 158 valence electrons. The minimum absolute atomic E-state index is 0.00949. The first-order valence-electron chi connectivity index (χ1n) is 8.96. The molecular weight excluding hydrogens is 410 g/mol. The van der Waals surface area contributed by atoms with E-state index in [0.29, 0.717) is 11.4 Å². The van der Waals surface area contributed by atoms with E-state index >= 15 is 0 Å². The van der Waals surface area contributed by atoms with Crippen LogP contribution in [0.15, 0.2) is 59.6 Å². The van der Waals surface area contributed by atoms with Gasteiger partial charge in [-0.1, -0.05) is 18.2 Å². The third-order valence-corrected chi connectivity index (χ3v) is 5.50. The number of para-hydroxylation sites is 1. The van der Waals surface area contributed by atoms with Crippen LogP contribution >= 0.6 is 0 Å². The maximum atomic E-state index is 13.1. The minimum atomic E-state index is -4.10. The third kappa shape index (κ3) is 4.23. The van der Waals surface area contributed by atoms with Crippen LogP contribution in [0.5, 0.6) is 11.5 Å². The highest BCUT2D eigenvalue weighted by Crippen LogP contribution is 2.31. The minimum Gasteiger partial charge on any atom is -0.493 e. The van der Waals surface area contributed by atoms with Crippen LogP contribution in [-0.2, 0) is 14.8 Å². The predicted octanol–water partition coefficient (Wildman–Crippen LogP) is 2.87. The molecule has 0 radical (unpaired) electrons. The molecule has 9 nitrogen and oxygen atoms in total. The van der Waals surface area contributed by atoms with Crippen LogP contribution in [0.2, 0.25) is 0 Å². The van der Waals surface area contributed by atoms with Gasteiger partial charge in [0.25, 0.3) is 10.0 Å². The van der Waals surface area contributed by atoms with Gasteiger partial charge in [0.1, 0.15) is 5.56 Å². The van der Waals surface area contributed by atoms with Crippen molar-refractivity contribution in [3.63, 3.8) is 0 Å². The Morgan fingerprint density at radius 2 is 1.77 bits per heavy atom. The molecule has 0 unspecified atom stereocenters. The molecule has 0 spiro atoms. The van der Waals surface area contributed by atoms with E-state index in [1.807, 2.05) is 6.07 Å². The van der Waals surface area contributed by atoms with Crippen molar-refractivity contribution in [1.29, 1.82) is 0 Å². The van der Waals surface area contributed by atoms with Gasteiger partial charge in [0.15, 0.2) is 17.3 Å². The molecule has 0 bridgehead atoms. The summed E-state index contributed by atoms with van der Waals surface area (Å²) in [5, 5.41) is 4.17. The summed E-state index contributed by atoms with van der Waals surface area (Å²) in [6.45, 7) is 1.80. The standard InChI is InChI=1S/C20H21N3O6S/c1-4-29-20(24)16-13-21-23(14-8-6-5-7-9-14)19(16)22-30(25,26)15-10-11-17(27-2)18(12-15)28-3/h5-13,22H,4H2,1-3H3. The summed E-state index contributed by atoms with van der Waals surface area (Å²) in [5.41, 5.74) is 0.558. The molecule has 10 heteroatoms. The number of rotatable bonds is 8. The van der Waals surface area contributed by atoms with Crippen molar-refractivity contribution in [2.24, 2.45) is 0 Å². The lowest BCUT2D eigenvalue weighted by Crippen LogP contribution is -2.18. The van der Waals surface area contributed by atoms with Gasteiger partial charge in [0.05, 0.1) is 37.6 Å². The molecule has 3 aromatic rings. The molecule has 2 aromatic carbocycles. The van der Waals surface area contributed by atoms with Crippen molar-refractivity contribution in [3.05, 3.63) is 60.3 Å². The van der Waals surface area contributed by atoms with Crippen molar-refractivity contribution < 1.29 is 27.4 Å². The van der Waals surface area contributed by atoms with Crippen molar-refractivity contribution >= 4 is 21.8 Å². The van der Waals surface area contributed by atoms with E-state index in [4.69, 9.17) is 14.2 Å². The lowest BCUT2D eigenvalue weighted by Gasteiger charge is -2.14. The first kappa shape index (κ1) is 21.2.